The molecule has 0 radical (unpaired) electrons. The van der Waals surface area contributed by atoms with Crippen molar-refractivity contribution < 1.29 is 14.4 Å². The second-order valence-corrected chi connectivity index (χ2v) is 8.50. The number of rotatable bonds is 6. The van der Waals surface area contributed by atoms with Crippen LogP contribution in [0.2, 0.25) is 0 Å². The minimum Gasteiger partial charge on any atom is -0.341 e. The van der Waals surface area contributed by atoms with Gasteiger partial charge in [-0.15, -0.1) is 0 Å². The molecule has 8 heteroatoms. The summed E-state index contributed by atoms with van der Waals surface area (Å²) in [5.74, 6) is -0.614. The van der Waals surface area contributed by atoms with E-state index in [0.717, 1.165) is 23.1 Å². The minimum atomic E-state index is -0.325. The number of nitrogens with one attached hydrogen (secondary N) is 1. The number of pyridine rings is 1. The molecule has 1 aromatic heterocycles. The lowest BCUT2D eigenvalue weighted by Gasteiger charge is -2.25. The average molecular weight is 448 g/mol. The van der Waals surface area contributed by atoms with Crippen LogP contribution in [0.15, 0.2) is 53.9 Å². The highest BCUT2D eigenvalue weighted by atomic mass is 16.2. The summed E-state index contributed by atoms with van der Waals surface area (Å²) in [4.78, 5) is 45.4. The molecule has 33 heavy (non-hydrogen) atoms. The first kappa shape index (κ1) is 22.6. The standard InChI is InChI=1S/C25H29N5O3/c1-2-13-29-14-15-30(25(33)22-7-8-23(31)28-27-22)17-21(24(29)32)16-18-3-5-19(6-4-18)20-9-11-26-12-10-20/h3-6,9-12,21H,2,7-8,13-17H2,1H3,(H,28,31)/t21-/m0/s1. The van der Waals surface area contributed by atoms with Crippen LogP contribution in [0, 0.1) is 5.92 Å². The number of benzene rings is 1. The lowest BCUT2D eigenvalue weighted by atomic mass is 9.95. The summed E-state index contributed by atoms with van der Waals surface area (Å²) in [7, 11) is 0. The lowest BCUT2D eigenvalue weighted by molar-refractivity contribution is -0.134. The van der Waals surface area contributed by atoms with Crippen molar-refractivity contribution in [1.82, 2.24) is 20.2 Å². The molecule has 1 fully saturated rings. The number of hydrogen-bond acceptors (Lipinski definition) is 5. The van der Waals surface area contributed by atoms with Gasteiger partial charge in [-0.2, -0.15) is 5.10 Å². The van der Waals surface area contributed by atoms with Crippen molar-refractivity contribution in [3.63, 3.8) is 0 Å². The van der Waals surface area contributed by atoms with E-state index in [4.69, 9.17) is 0 Å². The summed E-state index contributed by atoms with van der Waals surface area (Å²) in [6.07, 6.45) is 5.54. The molecule has 172 valence electrons. The molecule has 1 atom stereocenters. The Bertz CT molecular complexity index is 1040. The van der Waals surface area contributed by atoms with Gasteiger partial charge in [0.05, 0.1) is 5.92 Å². The molecule has 0 saturated carbocycles. The smallest absolute Gasteiger partial charge is 0.270 e. The molecule has 0 unspecified atom stereocenters. The van der Waals surface area contributed by atoms with Crippen molar-refractivity contribution >= 4 is 23.4 Å². The molecule has 0 spiro atoms. The monoisotopic (exact) mass is 447 g/mol. The van der Waals surface area contributed by atoms with Crippen LogP contribution in [0.1, 0.15) is 31.7 Å². The molecule has 2 aliphatic heterocycles. The van der Waals surface area contributed by atoms with Gasteiger partial charge in [-0.05, 0) is 41.7 Å². The van der Waals surface area contributed by atoms with Gasteiger partial charge in [0.25, 0.3) is 5.91 Å². The molecular weight excluding hydrogens is 418 g/mol. The zero-order valence-corrected chi connectivity index (χ0v) is 18.9. The SMILES string of the molecule is CCCN1CCN(C(=O)C2=NNC(=O)CC2)C[C@H](Cc2ccc(-c3ccncc3)cc2)C1=O. The third kappa shape index (κ3) is 5.45. The van der Waals surface area contributed by atoms with Crippen LogP contribution in [0.3, 0.4) is 0 Å². The second kappa shape index (κ2) is 10.4. The van der Waals surface area contributed by atoms with Gasteiger partial charge >= 0.3 is 0 Å². The number of hydrogen-bond donors (Lipinski definition) is 1. The molecule has 1 aromatic carbocycles. The van der Waals surface area contributed by atoms with E-state index in [1.54, 1.807) is 17.3 Å². The number of aromatic nitrogens is 1. The van der Waals surface area contributed by atoms with E-state index in [-0.39, 0.29) is 30.1 Å². The van der Waals surface area contributed by atoms with E-state index in [1.165, 1.54) is 0 Å². The number of hydrazone groups is 1. The van der Waals surface area contributed by atoms with Crippen LogP contribution in [0.5, 0.6) is 0 Å². The number of carbonyl (C=O) groups is 3. The van der Waals surface area contributed by atoms with E-state index in [0.29, 0.717) is 44.7 Å². The number of amides is 3. The third-order valence-electron chi connectivity index (χ3n) is 6.12. The topological polar surface area (TPSA) is 95.0 Å². The van der Waals surface area contributed by atoms with Crippen LogP contribution < -0.4 is 5.43 Å². The van der Waals surface area contributed by atoms with E-state index in [9.17, 15) is 14.4 Å². The molecule has 1 N–H and O–H groups in total. The largest absolute Gasteiger partial charge is 0.341 e. The van der Waals surface area contributed by atoms with Crippen LogP contribution in [0.4, 0.5) is 0 Å². The van der Waals surface area contributed by atoms with Gasteiger partial charge in [0.1, 0.15) is 5.71 Å². The maximum absolute atomic E-state index is 13.3. The first-order valence-corrected chi connectivity index (χ1v) is 11.5. The second-order valence-electron chi connectivity index (χ2n) is 8.50. The fourth-order valence-corrected chi connectivity index (χ4v) is 4.35. The molecular formula is C25H29N5O3. The molecule has 1 saturated heterocycles. The van der Waals surface area contributed by atoms with Crippen molar-refractivity contribution in [2.75, 3.05) is 26.2 Å². The highest BCUT2D eigenvalue weighted by Crippen LogP contribution is 2.22. The van der Waals surface area contributed by atoms with Gasteiger partial charge in [0.2, 0.25) is 11.8 Å². The first-order chi connectivity index (χ1) is 16.0. The van der Waals surface area contributed by atoms with Gasteiger partial charge < -0.3 is 9.80 Å². The lowest BCUT2D eigenvalue weighted by Crippen LogP contribution is -2.43. The Balaban J connectivity index is 1.51. The van der Waals surface area contributed by atoms with Gasteiger partial charge in [-0.25, -0.2) is 5.43 Å². The van der Waals surface area contributed by atoms with Crippen LogP contribution >= 0.6 is 0 Å². The fraction of sp³-hybridized carbons (Fsp3) is 0.400. The van der Waals surface area contributed by atoms with E-state index < -0.39 is 0 Å². The summed E-state index contributed by atoms with van der Waals surface area (Å²) < 4.78 is 0. The summed E-state index contributed by atoms with van der Waals surface area (Å²) in [5.41, 5.74) is 5.99. The van der Waals surface area contributed by atoms with Crippen molar-refractivity contribution in [1.29, 1.82) is 0 Å². The molecule has 3 heterocycles. The Morgan fingerprint density at radius 3 is 2.42 bits per heavy atom. The zero-order chi connectivity index (χ0) is 23.2. The van der Waals surface area contributed by atoms with E-state index in [2.05, 4.69) is 27.6 Å². The van der Waals surface area contributed by atoms with Crippen molar-refractivity contribution in [2.24, 2.45) is 11.0 Å². The molecule has 2 aliphatic rings. The average Bonchev–Trinajstić information content (AvgIpc) is 3.00. The van der Waals surface area contributed by atoms with Gasteiger partial charge in [0, 0.05) is 51.4 Å². The van der Waals surface area contributed by atoms with Gasteiger partial charge in [-0.3, -0.25) is 19.4 Å². The van der Waals surface area contributed by atoms with Gasteiger partial charge in [-0.1, -0.05) is 31.2 Å². The summed E-state index contributed by atoms with van der Waals surface area (Å²) >= 11 is 0. The molecule has 8 nitrogen and oxygen atoms in total. The molecule has 4 rings (SSSR count). The maximum Gasteiger partial charge on any atom is 0.270 e. The maximum atomic E-state index is 13.3. The number of nitrogens with zero attached hydrogens (tertiary/aromatic N) is 4. The number of carbonyl (C=O) groups excluding carboxylic acids is 3. The fourth-order valence-electron chi connectivity index (χ4n) is 4.35. The van der Waals surface area contributed by atoms with Gasteiger partial charge in [0.15, 0.2) is 0 Å². The Labute approximate surface area is 193 Å². The van der Waals surface area contributed by atoms with Crippen molar-refractivity contribution in [3.8, 4) is 11.1 Å². The highest BCUT2D eigenvalue weighted by molar-refractivity contribution is 6.39. The Morgan fingerprint density at radius 1 is 1.03 bits per heavy atom. The summed E-state index contributed by atoms with van der Waals surface area (Å²) in [6.45, 7) is 4.05. The Kier molecular flexibility index (Phi) is 7.12. The zero-order valence-electron chi connectivity index (χ0n) is 18.9. The molecule has 0 aliphatic carbocycles. The predicted molar refractivity (Wildman–Crippen MR) is 125 cm³/mol. The Hall–Kier alpha value is -3.55. The quantitative estimate of drug-likeness (QED) is 0.735. The van der Waals surface area contributed by atoms with Crippen LogP contribution in [-0.4, -0.2) is 64.4 Å². The molecule has 3 amide bonds. The van der Waals surface area contributed by atoms with E-state index >= 15 is 0 Å². The van der Waals surface area contributed by atoms with Crippen LogP contribution in [0.25, 0.3) is 11.1 Å². The summed E-state index contributed by atoms with van der Waals surface area (Å²) in [5, 5.41) is 3.96. The van der Waals surface area contributed by atoms with Crippen molar-refractivity contribution in [2.45, 2.75) is 32.6 Å². The van der Waals surface area contributed by atoms with Crippen LogP contribution in [-0.2, 0) is 20.8 Å². The third-order valence-corrected chi connectivity index (χ3v) is 6.12. The predicted octanol–water partition coefficient (Wildman–Crippen LogP) is 2.25. The Morgan fingerprint density at radius 2 is 1.76 bits per heavy atom. The van der Waals surface area contributed by atoms with Crippen molar-refractivity contribution in [3.05, 3.63) is 54.4 Å². The first-order valence-electron chi connectivity index (χ1n) is 11.5. The normalized spacial score (nSPS) is 19.1. The van der Waals surface area contributed by atoms with E-state index in [1.807, 2.05) is 36.1 Å². The molecule has 0 bridgehead atoms. The molecule has 2 aromatic rings. The highest BCUT2D eigenvalue weighted by Gasteiger charge is 2.34. The minimum absolute atomic E-state index is 0.0873. The summed E-state index contributed by atoms with van der Waals surface area (Å²) in [6, 6.07) is 12.1.